The lowest BCUT2D eigenvalue weighted by Crippen LogP contribution is -2.11. The van der Waals surface area contributed by atoms with Gasteiger partial charge in [0, 0.05) is 26.0 Å². The van der Waals surface area contributed by atoms with E-state index in [1.807, 2.05) is 37.3 Å². The van der Waals surface area contributed by atoms with E-state index in [1.165, 1.54) is 6.20 Å². The SMILES string of the molecule is CNc1cc(Nc2cc(C)ccc2OC)nc2c(NC(=O)CCC#N)cnn12. The maximum Gasteiger partial charge on any atom is 0.225 e. The van der Waals surface area contributed by atoms with Gasteiger partial charge >= 0.3 is 0 Å². The number of nitriles is 1. The number of anilines is 4. The molecule has 28 heavy (non-hydrogen) atoms. The highest BCUT2D eigenvalue weighted by molar-refractivity contribution is 5.94. The number of carbonyl (C=O) groups excluding carboxylic acids is 1. The second-order valence-corrected chi connectivity index (χ2v) is 6.11. The molecule has 0 fully saturated rings. The van der Waals surface area contributed by atoms with E-state index in [4.69, 9.17) is 10.00 Å². The monoisotopic (exact) mass is 379 g/mol. The number of hydrogen-bond acceptors (Lipinski definition) is 7. The first kappa shape index (κ1) is 19.0. The van der Waals surface area contributed by atoms with Crippen molar-refractivity contribution in [2.75, 3.05) is 30.1 Å². The quantitative estimate of drug-likeness (QED) is 0.577. The van der Waals surface area contributed by atoms with Crippen LogP contribution in [0.2, 0.25) is 0 Å². The summed E-state index contributed by atoms with van der Waals surface area (Å²) in [7, 11) is 3.38. The summed E-state index contributed by atoms with van der Waals surface area (Å²) in [5.41, 5.74) is 2.80. The van der Waals surface area contributed by atoms with E-state index in [0.29, 0.717) is 28.7 Å². The Hall–Kier alpha value is -3.80. The number of methoxy groups -OCH3 is 1. The molecule has 0 spiro atoms. The third kappa shape index (κ3) is 3.96. The zero-order valence-corrected chi connectivity index (χ0v) is 15.9. The number of carbonyl (C=O) groups is 1. The van der Waals surface area contributed by atoms with Gasteiger partial charge in [0.1, 0.15) is 23.1 Å². The fourth-order valence-corrected chi connectivity index (χ4v) is 2.73. The second kappa shape index (κ2) is 8.26. The van der Waals surface area contributed by atoms with Crippen LogP contribution in [0, 0.1) is 18.3 Å². The fourth-order valence-electron chi connectivity index (χ4n) is 2.73. The van der Waals surface area contributed by atoms with Crippen molar-refractivity contribution in [2.45, 2.75) is 19.8 Å². The molecule has 0 aliphatic rings. The average molecular weight is 379 g/mol. The number of benzene rings is 1. The number of aromatic nitrogens is 3. The van der Waals surface area contributed by atoms with Crippen LogP contribution in [0.1, 0.15) is 18.4 Å². The van der Waals surface area contributed by atoms with Crippen LogP contribution in [0.3, 0.4) is 0 Å². The summed E-state index contributed by atoms with van der Waals surface area (Å²) in [6.45, 7) is 1.99. The number of nitrogens with one attached hydrogen (secondary N) is 3. The van der Waals surface area contributed by atoms with Crippen molar-refractivity contribution in [2.24, 2.45) is 0 Å². The fraction of sp³-hybridized carbons (Fsp3) is 0.263. The summed E-state index contributed by atoms with van der Waals surface area (Å²) in [5, 5.41) is 22.0. The first-order chi connectivity index (χ1) is 13.5. The lowest BCUT2D eigenvalue weighted by atomic mass is 10.2. The Kier molecular flexibility index (Phi) is 5.60. The smallest absolute Gasteiger partial charge is 0.225 e. The Morgan fingerprint density at radius 2 is 2.14 bits per heavy atom. The molecular weight excluding hydrogens is 358 g/mol. The van der Waals surface area contributed by atoms with E-state index < -0.39 is 0 Å². The molecule has 0 saturated carbocycles. The molecule has 2 aromatic heterocycles. The van der Waals surface area contributed by atoms with Crippen LogP contribution in [0.15, 0.2) is 30.5 Å². The molecule has 0 atom stereocenters. The van der Waals surface area contributed by atoms with Gasteiger partial charge in [0.25, 0.3) is 0 Å². The van der Waals surface area contributed by atoms with Gasteiger partial charge < -0.3 is 20.7 Å². The Morgan fingerprint density at radius 1 is 1.32 bits per heavy atom. The summed E-state index contributed by atoms with van der Waals surface area (Å²) in [6.07, 6.45) is 1.80. The summed E-state index contributed by atoms with van der Waals surface area (Å²) >= 11 is 0. The van der Waals surface area contributed by atoms with Crippen molar-refractivity contribution < 1.29 is 9.53 Å². The molecule has 0 radical (unpaired) electrons. The zero-order chi connectivity index (χ0) is 20.1. The van der Waals surface area contributed by atoms with Gasteiger partial charge in [0.15, 0.2) is 5.65 Å². The Morgan fingerprint density at radius 3 is 2.86 bits per heavy atom. The minimum absolute atomic E-state index is 0.116. The number of ether oxygens (including phenoxy) is 1. The van der Waals surface area contributed by atoms with Crippen molar-refractivity contribution in [1.82, 2.24) is 14.6 Å². The van der Waals surface area contributed by atoms with Gasteiger partial charge in [0.05, 0.1) is 25.1 Å². The average Bonchev–Trinajstić information content (AvgIpc) is 3.08. The third-order valence-electron chi connectivity index (χ3n) is 4.08. The highest BCUT2D eigenvalue weighted by Gasteiger charge is 2.14. The molecule has 0 aliphatic carbocycles. The summed E-state index contributed by atoms with van der Waals surface area (Å²) in [4.78, 5) is 16.6. The van der Waals surface area contributed by atoms with Crippen molar-refractivity contribution in [1.29, 1.82) is 5.26 Å². The first-order valence-corrected chi connectivity index (χ1v) is 8.70. The first-order valence-electron chi connectivity index (χ1n) is 8.70. The molecule has 2 heterocycles. The third-order valence-corrected chi connectivity index (χ3v) is 4.08. The van der Waals surface area contributed by atoms with Gasteiger partial charge in [-0.2, -0.15) is 14.9 Å². The molecule has 3 rings (SSSR count). The minimum Gasteiger partial charge on any atom is -0.495 e. The number of aryl methyl sites for hydroxylation is 1. The molecule has 3 aromatic rings. The molecular formula is C19H21N7O2. The molecule has 0 unspecified atom stereocenters. The van der Waals surface area contributed by atoms with Gasteiger partial charge in [-0.3, -0.25) is 4.79 Å². The summed E-state index contributed by atoms with van der Waals surface area (Å²) in [6, 6.07) is 9.58. The topological polar surface area (TPSA) is 116 Å². The van der Waals surface area contributed by atoms with Gasteiger partial charge in [-0.05, 0) is 24.6 Å². The lowest BCUT2D eigenvalue weighted by molar-refractivity contribution is -0.116. The van der Waals surface area contributed by atoms with Crippen molar-refractivity contribution in [3.63, 3.8) is 0 Å². The van der Waals surface area contributed by atoms with Gasteiger partial charge in [-0.25, -0.2) is 4.98 Å². The molecule has 0 aliphatic heterocycles. The molecule has 3 N–H and O–H groups in total. The maximum absolute atomic E-state index is 12.0. The normalized spacial score (nSPS) is 10.4. The predicted molar refractivity (Wildman–Crippen MR) is 107 cm³/mol. The van der Waals surface area contributed by atoms with E-state index in [9.17, 15) is 4.79 Å². The van der Waals surface area contributed by atoms with Crippen LogP contribution < -0.4 is 20.7 Å². The van der Waals surface area contributed by atoms with E-state index >= 15 is 0 Å². The highest BCUT2D eigenvalue weighted by atomic mass is 16.5. The molecule has 9 heteroatoms. The number of rotatable bonds is 7. The van der Waals surface area contributed by atoms with Crippen LogP contribution in [0.25, 0.3) is 5.65 Å². The number of hydrogen-bond donors (Lipinski definition) is 3. The van der Waals surface area contributed by atoms with Crippen LogP contribution in [-0.2, 0) is 4.79 Å². The minimum atomic E-state index is -0.261. The van der Waals surface area contributed by atoms with Gasteiger partial charge in [-0.1, -0.05) is 6.07 Å². The lowest BCUT2D eigenvalue weighted by Gasteiger charge is -2.13. The number of nitrogens with zero attached hydrogens (tertiary/aromatic N) is 4. The Labute approximate surface area is 162 Å². The standard InChI is InChI=1S/C19H21N7O2/c1-12-6-7-15(28-3)13(9-12)23-16-10-17(21-2)26-19(25-16)14(11-22-26)24-18(27)5-4-8-20/h6-7,9-11,21H,4-5H2,1-3H3,(H,23,25)(H,24,27). The van der Waals surface area contributed by atoms with Crippen LogP contribution in [-0.4, -0.2) is 34.7 Å². The summed E-state index contributed by atoms with van der Waals surface area (Å²) in [5.74, 6) is 1.69. The second-order valence-electron chi connectivity index (χ2n) is 6.11. The molecule has 9 nitrogen and oxygen atoms in total. The Bertz CT molecular complexity index is 1050. The Balaban J connectivity index is 1.98. The van der Waals surface area contributed by atoms with Gasteiger partial charge in [0.2, 0.25) is 5.91 Å². The van der Waals surface area contributed by atoms with E-state index in [1.54, 1.807) is 18.7 Å². The zero-order valence-electron chi connectivity index (χ0n) is 15.9. The van der Waals surface area contributed by atoms with Crippen LogP contribution >= 0.6 is 0 Å². The van der Waals surface area contributed by atoms with Crippen LogP contribution in [0.4, 0.5) is 23.0 Å². The largest absolute Gasteiger partial charge is 0.495 e. The summed E-state index contributed by atoms with van der Waals surface area (Å²) < 4.78 is 7.00. The van der Waals surface area contributed by atoms with Crippen molar-refractivity contribution >= 4 is 34.6 Å². The molecule has 0 saturated heterocycles. The van der Waals surface area contributed by atoms with Crippen LogP contribution in [0.5, 0.6) is 5.75 Å². The molecule has 1 aromatic carbocycles. The maximum atomic E-state index is 12.0. The predicted octanol–water partition coefficient (Wildman–Crippen LogP) is 3.07. The highest BCUT2D eigenvalue weighted by Crippen LogP contribution is 2.30. The number of amides is 1. The molecule has 1 amide bonds. The molecule has 144 valence electrons. The van der Waals surface area contributed by atoms with E-state index in [2.05, 4.69) is 26.0 Å². The van der Waals surface area contributed by atoms with Crippen molar-refractivity contribution in [3.05, 3.63) is 36.0 Å². The molecule has 0 bridgehead atoms. The van der Waals surface area contributed by atoms with E-state index in [0.717, 1.165) is 11.3 Å². The van der Waals surface area contributed by atoms with Crippen molar-refractivity contribution in [3.8, 4) is 11.8 Å². The van der Waals surface area contributed by atoms with Gasteiger partial charge in [-0.15, -0.1) is 0 Å². The van der Waals surface area contributed by atoms with E-state index in [-0.39, 0.29) is 18.7 Å². The number of fused-ring (bicyclic) bond motifs is 1.